The molecule has 4 aromatic rings. The Balaban J connectivity index is 0.000000163. The third kappa shape index (κ3) is 12.6. The SMILES string of the molecule is C#CC1CC1.CC(C)(C)COc1ccc2c(c1)[C@]1(COC(N)=N1)c1cc(Br)ccc1O2.CC(C)(C)COc1ccc2c(c1)[C@]1(COC(N)=N1)c1cc(C#CC3CC3)ccc1O2.CC(C)NC(C)C. The van der Waals surface area contributed by atoms with Crippen LogP contribution in [0.15, 0.2) is 87.3 Å². The predicted molar refractivity (Wildman–Crippen MR) is 275 cm³/mol. The summed E-state index contributed by atoms with van der Waals surface area (Å²) in [7, 11) is 0. The molecule has 12 heteroatoms. The quantitative estimate of drug-likeness (QED) is 0.161. The maximum Gasteiger partial charge on any atom is 0.283 e. The number of nitrogens with zero attached hydrogens (tertiary/aromatic N) is 2. The van der Waals surface area contributed by atoms with Crippen molar-refractivity contribution in [1.29, 1.82) is 0 Å². The summed E-state index contributed by atoms with van der Waals surface area (Å²) >= 11 is 3.54. The molecule has 5 N–H and O–H groups in total. The molecule has 360 valence electrons. The number of amidine groups is 2. The molecule has 11 nitrogen and oxygen atoms in total. The van der Waals surface area contributed by atoms with Crippen LogP contribution in [-0.4, -0.2) is 50.6 Å². The Kier molecular flexibility index (Phi) is 15.0. The van der Waals surface area contributed by atoms with Gasteiger partial charge in [-0.1, -0.05) is 97.0 Å². The Hall–Kier alpha value is -5.82. The lowest BCUT2D eigenvalue weighted by molar-refractivity contribution is 0.197. The number of hydrogen-bond acceptors (Lipinski definition) is 11. The van der Waals surface area contributed by atoms with E-state index in [1.165, 1.54) is 25.7 Å². The summed E-state index contributed by atoms with van der Waals surface area (Å²) in [5, 5.41) is 3.31. The monoisotopic (exact) mass is 985 g/mol. The molecule has 2 fully saturated rings. The lowest BCUT2D eigenvalue weighted by atomic mass is 9.80. The van der Waals surface area contributed by atoms with Crippen LogP contribution in [0, 0.1) is 46.9 Å². The van der Waals surface area contributed by atoms with Crippen LogP contribution >= 0.6 is 15.9 Å². The zero-order valence-electron chi connectivity index (χ0n) is 41.3. The topological polar surface area (TPSA) is 144 Å². The number of nitrogens with one attached hydrogen (secondary N) is 1. The molecule has 68 heavy (non-hydrogen) atoms. The average Bonchev–Trinajstić information content (AvgIpc) is 4.22. The number of ether oxygens (including phenoxy) is 6. The van der Waals surface area contributed by atoms with E-state index < -0.39 is 11.1 Å². The number of nitrogens with two attached hydrogens (primary N) is 2. The minimum Gasteiger partial charge on any atom is -0.493 e. The molecule has 2 spiro atoms. The third-order valence-electron chi connectivity index (χ3n) is 11.3. The minimum absolute atomic E-state index is 0.0604. The van der Waals surface area contributed by atoms with E-state index in [1.54, 1.807) is 0 Å². The lowest BCUT2D eigenvalue weighted by Gasteiger charge is -2.33. The fourth-order valence-electron chi connectivity index (χ4n) is 7.83. The first kappa shape index (κ1) is 50.1. The van der Waals surface area contributed by atoms with Gasteiger partial charge in [0.15, 0.2) is 11.1 Å². The summed E-state index contributed by atoms with van der Waals surface area (Å²) in [6.07, 6.45) is 9.93. The number of benzene rings is 4. The summed E-state index contributed by atoms with van der Waals surface area (Å²) in [5.41, 5.74) is 15.1. The maximum atomic E-state index is 6.22. The highest BCUT2D eigenvalue weighted by Gasteiger charge is 2.48. The molecule has 4 aromatic carbocycles. The average molecular weight is 987 g/mol. The van der Waals surface area contributed by atoms with Gasteiger partial charge < -0.3 is 45.2 Å². The van der Waals surface area contributed by atoms with Crippen molar-refractivity contribution in [2.24, 2.45) is 44.1 Å². The molecule has 0 aromatic heterocycles. The number of fused-ring (bicyclic) bond motifs is 8. The second kappa shape index (κ2) is 20.4. The van der Waals surface area contributed by atoms with Gasteiger partial charge in [-0.25, -0.2) is 9.98 Å². The Morgan fingerprint density at radius 1 is 0.662 bits per heavy atom. The predicted octanol–water partition coefficient (Wildman–Crippen LogP) is 11.6. The Bertz CT molecular complexity index is 2630. The van der Waals surface area contributed by atoms with E-state index in [0.29, 0.717) is 50.3 Å². The Labute approximate surface area is 412 Å². The van der Waals surface area contributed by atoms with Gasteiger partial charge >= 0.3 is 0 Å². The molecule has 2 aliphatic carbocycles. The van der Waals surface area contributed by atoms with Gasteiger partial charge in [-0.15, -0.1) is 12.3 Å². The summed E-state index contributed by atoms with van der Waals surface area (Å²) in [6.45, 7) is 23.3. The second-order valence-electron chi connectivity index (χ2n) is 21.2. The molecule has 0 unspecified atom stereocenters. The molecular weight excluding hydrogens is 919 g/mol. The van der Waals surface area contributed by atoms with E-state index >= 15 is 0 Å². The number of aliphatic imine (C=N–C) groups is 2. The number of rotatable bonds is 6. The van der Waals surface area contributed by atoms with E-state index in [2.05, 4.69) is 119 Å². The molecule has 4 heterocycles. The first-order chi connectivity index (χ1) is 32.1. The van der Waals surface area contributed by atoms with Gasteiger partial charge in [-0.05, 0) is 109 Å². The molecule has 6 aliphatic rings. The highest BCUT2D eigenvalue weighted by Crippen LogP contribution is 2.53. The smallest absolute Gasteiger partial charge is 0.283 e. The van der Waals surface area contributed by atoms with Gasteiger partial charge in [0.2, 0.25) is 0 Å². The molecular formula is C56H68BrN5O6. The van der Waals surface area contributed by atoms with Gasteiger partial charge in [0.25, 0.3) is 12.0 Å². The van der Waals surface area contributed by atoms with Crippen LogP contribution in [0.1, 0.15) is 123 Å². The Morgan fingerprint density at radius 2 is 1.09 bits per heavy atom. The van der Waals surface area contributed by atoms with Gasteiger partial charge in [0, 0.05) is 56.2 Å². The number of halogens is 1. The normalized spacial score (nSPS) is 20.1. The first-order valence-electron chi connectivity index (χ1n) is 23.7. The van der Waals surface area contributed by atoms with E-state index in [9.17, 15) is 0 Å². The van der Waals surface area contributed by atoms with Gasteiger partial charge in [-0.2, -0.15) is 0 Å². The molecule has 0 bridgehead atoms. The van der Waals surface area contributed by atoms with Crippen LogP contribution in [-0.2, 0) is 20.6 Å². The van der Waals surface area contributed by atoms with Crippen LogP contribution in [0.2, 0.25) is 0 Å². The van der Waals surface area contributed by atoms with Crippen molar-refractivity contribution < 1.29 is 28.4 Å². The highest BCUT2D eigenvalue weighted by molar-refractivity contribution is 9.10. The van der Waals surface area contributed by atoms with Crippen molar-refractivity contribution in [1.82, 2.24) is 5.32 Å². The van der Waals surface area contributed by atoms with E-state index in [-0.39, 0.29) is 22.9 Å². The lowest BCUT2D eigenvalue weighted by Crippen LogP contribution is -2.31. The van der Waals surface area contributed by atoms with Crippen molar-refractivity contribution in [3.05, 3.63) is 105 Å². The van der Waals surface area contributed by atoms with Crippen molar-refractivity contribution in [3.63, 3.8) is 0 Å². The highest BCUT2D eigenvalue weighted by atomic mass is 79.9. The fourth-order valence-corrected chi connectivity index (χ4v) is 8.19. The van der Waals surface area contributed by atoms with Crippen molar-refractivity contribution in [2.75, 3.05) is 26.4 Å². The van der Waals surface area contributed by atoms with Gasteiger partial charge in [0.05, 0.1) is 13.2 Å². The zero-order valence-corrected chi connectivity index (χ0v) is 42.9. The summed E-state index contributed by atoms with van der Waals surface area (Å²) in [6, 6.07) is 25.2. The van der Waals surface area contributed by atoms with E-state index in [4.69, 9.17) is 51.3 Å². The third-order valence-corrected chi connectivity index (χ3v) is 11.8. The standard InChI is InChI=1S/C25H26N2O3.C20H21BrN2O3.C6H15N.C5H6/c1-24(2,3)14-28-18-9-11-22-20(13-18)25(15-29-23(26)27-25)19-12-17(7-6-16-4-5-16)8-10-21(19)30-22;1-19(2,3)10-24-13-5-7-17-15(9-13)20(11-25-18(22)23-20)14-8-12(21)4-6-16(14)26-17;1-5(2)7-6(3)4;1-2-5-3-4-5/h8-13,16H,4-5,14-15H2,1-3H3,(H2,26,27);4-9H,10-11H2,1-3H3,(H2,22,23);5-7H,1-4H3;1,5H,3-4H2/t25-;20-;;/m00../s1. The van der Waals surface area contributed by atoms with Crippen LogP contribution in [0.5, 0.6) is 34.5 Å². The fraction of sp³-hybridized carbons (Fsp3) is 0.464. The minimum atomic E-state index is -0.759. The van der Waals surface area contributed by atoms with E-state index in [1.807, 2.05) is 66.7 Å². The molecule has 2 atom stereocenters. The van der Waals surface area contributed by atoms with E-state index in [0.717, 1.165) is 66.8 Å². The zero-order chi connectivity index (χ0) is 49.0. The number of terminal acetylenes is 1. The molecule has 0 amide bonds. The molecule has 0 saturated heterocycles. The summed E-state index contributed by atoms with van der Waals surface area (Å²) in [4.78, 5) is 9.42. The maximum absolute atomic E-state index is 6.22. The van der Waals surface area contributed by atoms with Gasteiger partial charge in [-0.3, -0.25) is 0 Å². The molecule has 2 saturated carbocycles. The van der Waals surface area contributed by atoms with Crippen molar-refractivity contribution in [2.45, 2.75) is 118 Å². The van der Waals surface area contributed by atoms with Crippen LogP contribution in [0.3, 0.4) is 0 Å². The summed E-state index contributed by atoms with van der Waals surface area (Å²) in [5.74, 6) is 15.0. The number of hydrogen-bond donors (Lipinski definition) is 3. The second-order valence-corrected chi connectivity index (χ2v) is 22.1. The molecule has 0 radical (unpaired) electrons. The largest absolute Gasteiger partial charge is 0.493 e. The summed E-state index contributed by atoms with van der Waals surface area (Å²) < 4.78 is 36.6. The first-order valence-corrected chi connectivity index (χ1v) is 24.5. The van der Waals surface area contributed by atoms with Crippen LogP contribution in [0.25, 0.3) is 0 Å². The van der Waals surface area contributed by atoms with Crippen LogP contribution in [0.4, 0.5) is 0 Å². The van der Waals surface area contributed by atoms with Crippen molar-refractivity contribution >= 4 is 28.0 Å². The van der Waals surface area contributed by atoms with Crippen LogP contribution < -0.4 is 35.7 Å². The molecule has 10 rings (SSSR count). The van der Waals surface area contributed by atoms with Crippen molar-refractivity contribution in [3.8, 4) is 58.7 Å². The molecule has 4 aliphatic heterocycles. The Morgan fingerprint density at radius 3 is 1.46 bits per heavy atom. The van der Waals surface area contributed by atoms with Gasteiger partial charge in [0.1, 0.15) is 47.7 Å².